The first-order chi connectivity index (χ1) is 14.6. The maximum Gasteiger partial charge on any atom is 0.194 e. The minimum Gasteiger partial charge on any atom is -0.376 e. The van der Waals surface area contributed by atoms with Crippen LogP contribution in [0.25, 0.3) is 0 Å². The van der Waals surface area contributed by atoms with Crippen LogP contribution in [0, 0.1) is 11.8 Å². The number of rotatable bonds is 9. The molecule has 0 saturated carbocycles. The van der Waals surface area contributed by atoms with E-state index in [4.69, 9.17) is 14.5 Å². The third kappa shape index (κ3) is 7.56. The Balaban J connectivity index is 1.44. The number of nitrogens with zero attached hydrogens (tertiary/aromatic N) is 3. The predicted molar refractivity (Wildman–Crippen MR) is 123 cm³/mol. The zero-order valence-electron chi connectivity index (χ0n) is 19.1. The van der Waals surface area contributed by atoms with Gasteiger partial charge in [-0.05, 0) is 24.8 Å². The molecule has 2 fully saturated rings. The van der Waals surface area contributed by atoms with Gasteiger partial charge in [0.05, 0.1) is 32.5 Å². The molecule has 1 N–H and O–H groups in total. The SMILES string of the molecule is CCNC(=NCC1CN(CC(C)C)CCO1)N1CCC(COCc2ccccc2)C1. The predicted octanol–water partition coefficient (Wildman–Crippen LogP) is 2.85. The van der Waals surface area contributed by atoms with Crippen molar-refractivity contribution in [3.8, 4) is 0 Å². The lowest BCUT2D eigenvalue weighted by Crippen LogP contribution is -2.46. The van der Waals surface area contributed by atoms with Crippen molar-refractivity contribution in [3.63, 3.8) is 0 Å². The Bertz CT molecular complexity index is 637. The van der Waals surface area contributed by atoms with Crippen LogP contribution in [-0.2, 0) is 16.1 Å². The van der Waals surface area contributed by atoms with Crippen LogP contribution in [0.2, 0.25) is 0 Å². The Morgan fingerprint density at radius 3 is 2.83 bits per heavy atom. The van der Waals surface area contributed by atoms with Crippen LogP contribution in [0.4, 0.5) is 0 Å². The van der Waals surface area contributed by atoms with Gasteiger partial charge in [0.1, 0.15) is 0 Å². The fourth-order valence-electron chi connectivity index (χ4n) is 4.27. The van der Waals surface area contributed by atoms with E-state index in [0.717, 1.165) is 71.4 Å². The quantitative estimate of drug-likeness (QED) is 0.496. The van der Waals surface area contributed by atoms with Gasteiger partial charge in [-0.3, -0.25) is 9.89 Å². The first-order valence-corrected chi connectivity index (χ1v) is 11.6. The van der Waals surface area contributed by atoms with Gasteiger partial charge in [0.25, 0.3) is 0 Å². The molecule has 6 heteroatoms. The van der Waals surface area contributed by atoms with Crippen LogP contribution < -0.4 is 5.32 Å². The van der Waals surface area contributed by atoms with E-state index in [9.17, 15) is 0 Å². The van der Waals surface area contributed by atoms with Crippen molar-refractivity contribution in [2.24, 2.45) is 16.8 Å². The van der Waals surface area contributed by atoms with Gasteiger partial charge < -0.3 is 19.7 Å². The fraction of sp³-hybridized carbons (Fsp3) is 0.708. The summed E-state index contributed by atoms with van der Waals surface area (Å²) in [5.41, 5.74) is 1.24. The minimum atomic E-state index is 0.193. The molecule has 2 unspecified atom stereocenters. The number of hydrogen-bond donors (Lipinski definition) is 1. The third-order valence-electron chi connectivity index (χ3n) is 5.68. The summed E-state index contributed by atoms with van der Waals surface area (Å²) < 4.78 is 12.0. The van der Waals surface area contributed by atoms with Gasteiger partial charge in [-0.25, -0.2) is 0 Å². The molecule has 2 saturated heterocycles. The van der Waals surface area contributed by atoms with Crippen molar-refractivity contribution in [1.29, 1.82) is 0 Å². The largest absolute Gasteiger partial charge is 0.376 e. The van der Waals surface area contributed by atoms with Gasteiger partial charge in [0, 0.05) is 45.2 Å². The Hall–Kier alpha value is -1.63. The van der Waals surface area contributed by atoms with E-state index in [1.807, 2.05) is 6.07 Å². The molecule has 0 bridgehead atoms. The molecule has 2 aliphatic rings. The summed E-state index contributed by atoms with van der Waals surface area (Å²) in [6.07, 6.45) is 1.35. The number of guanidine groups is 1. The highest BCUT2D eigenvalue weighted by atomic mass is 16.5. The summed E-state index contributed by atoms with van der Waals surface area (Å²) in [5, 5.41) is 3.48. The van der Waals surface area contributed by atoms with E-state index in [1.165, 1.54) is 5.56 Å². The van der Waals surface area contributed by atoms with Crippen molar-refractivity contribution in [1.82, 2.24) is 15.1 Å². The van der Waals surface area contributed by atoms with Crippen LogP contribution in [0.3, 0.4) is 0 Å². The fourth-order valence-corrected chi connectivity index (χ4v) is 4.27. The van der Waals surface area contributed by atoms with Crippen LogP contribution in [0.15, 0.2) is 35.3 Å². The van der Waals surface area contributed by atoms with Crippen molar-refractivity contribution in [2.75, 3.05) is 59.0 Å². The molecular weight excluding hydrogens is 376 g/mol. The number of ether oxygens (including phenoxy) is 2. The van der Waals surface area contributed by atoms with E-state index >= 15 is 0 Å². The molecule has 2 heterocycles. The topological polar surface area (TPSA) is 49.3 Å². The van der Waals surface area contributed by atoms with E-state index < -0.39 is 0 Å². The molecule has 0 aliphatic carbocycles. The van der Waals surface area contributed by atoms with Crippen LogP contribution >= 0.6 is 0 Å². The summed E-state index contributed by atoms with van der Waals surface area (Å²) in [6.45, 7) is 15.8. The number of aliphatic imine (C=N–C) groups is 1. The van der Waals surface area contributed by atoms with Crippen molar-refractivity contribution >= 4 is 5.96 Å². The van der Waals surface area contributed by atoms with Crippen molar-refractivity contribution < 1.29 is 9.47 Å². The van der Waals surface area contributed by atoms with Crippen LogP contribution in [0.1, 0.15) is 32.8 Å². The summed E-state index contributed by atoms with van der Waals surface area (Å²) >= 11 is 0. The third-order valence-corrected chi connectivity index (χ3v) is 5.68. The van der Waals surface area contributed by atoms with Gasteiger partial charge in [0.15, 0.2) is 5.96 Å². The Labute approximate surface area is 182 Å². The lowest BCUT2D eigenvalue weighted by atomic mass is 10.1. The van der Waals surface area contributed by atoms with Gasteiger partial charge >= 0.3 is 0 Å². The molecule has 3 rings (SSSR count). The average molecular weight is 417 g/mol. The van der Waals surface area contributed by atoms with E-state index in [-0.39, 0.29) is 6.10 Å². The summed E-state index contributed by atoms with van der Waals surface area (Å²) in [6, 6.07) is 10.4. The Morgan fingerprint density at radius 2 is 2.07 bits per heavy atom. The Morgan fingerprint density at radius 1 is 1.23 bits per heavy atom. The van der Waals surface area contributed by atoms with Gasteiger partial charge in [-0.2, -0.15) is 0 Å². The van der Waals surface area contributed by atoms with Gasteiger partial charge in [-0.1, -0.05) is 44.2 Å². The molecular formula is C24H40N4O2. The van der Waals surface area contributed by atoms with Gasteiger partial charge in [-0.15, -0.1) is 0 Å². The maximum atomic E-state index is 5.98. The highest BCUT2D eigenvalue weighted by Crippen LogP contribution is 2.18. The molecule has 0 amide bonds. The standard InChI is InChI=1S/C24H40N4O2/c1-4-25-24(26-14-23-17-27(12-13-30-23)15-20(2)3)28-11-10-22(16-28)19-29-18-21-8-6-5-7-9-21/h5-9,20,22-23H,4,10-19H2,1-3H3,(H,25,26). The zero-order valence-corrected chi connectivity index (χ0v) is 19.1. The van der Waals surface area contributed by atoms with E-state index in [1.54, 1.807) is 0 Å². The zero-order chi connectivity index (χ0) is 21.2. The first kappa shape index (κ1) is 23.0. The molecule has 0 radical (unpaired) electrons. The number of likely N-dealkylation sites (tertiary alicyclic amines) is 1. The monoisotopic (exact) mass is 416 g/mol. The lowest BCUT2D eigenvalue weighted by molar-refractivity contribution is -0.0262. The smallest absolute Gasteiger partial charge is 0.194 e. The molecule has 0 aromatic heterocycles. The minimum absolute atomic E-state index is 0.193. The molecule has 2 aliphatic heterocycles. The lowest BCUT2D eigenvalue weighted by Gasteiger charge is -2.33. The number of nitrogens with one attached hydrogen (secondary N) is 1. The number of hydrogen-bond acceptors (Lipinski definition) is 4. The molecule has 6 nitrogen and oxygen atoms in total. The normalized spacial score (nSPS) is 23.3. The first-order valence-electron chi connectivity index (χ1n) is 11.6. The highest BCUT2D eigenvalue weighted by Gasteiger charge is 2.26. The molecule has 0 spiro atoms. The molecule has 1 aromatic rings. The van der Waals surface area contributed by atoms with E-state index in [0.29, 0.717) is 18.4 Å². The molecule has 30 heavy (non-hydrogen) atoms. The second-order valence-corrected chi connectivity index (χ2v) is 8.94. The maximum absolute atomic E-state index is 5.98. The van der Waals surface area contributed by atoms with Crippen LogP contribution in [0.5, 0.6) is 0 Å². The number of morpholine rings is 1. The molecule has 168 valence electrons. The second kappa shape index (κ2) is 12.3. The summed E-state index contributed by atoms with van der Waals surface area (Å²) in [4.78, 5) is 9.83. The van der Waals surface area contributed by atoms with Crippen molar-refractivity contribution in [3.05, 3.63) is 35.9 Å². The molecule has 2 atom stereocenters. The second-order valence-electron chi connectivity index (χ2n) is 8.94. The van der Waals surface area contributed by atoms with Crippen molar-refractivity contribution in [2.45, 2.75) is 39.9 Å². The summed E-state index contributed by atoms with van der Waals surface area (Å²) in [5.74, 6) is 2.27. The highest BCUT2D eigenvalue weighted by molar-refractivity contribution is 5.80. The average Bonchev–Trinajstić information content (AvgIpc) is 3.20. The Kier molecular flexibility index (Phi) is 9.43. The van der Waals surface area contributed by atoms with Crippen LogP contribution in [-0.4, -0.2) is 80.9 Å². The van der Waals surface area contributed by atoms with Gasteiger partial charge in [0.2, 0.25) is 0 Å². The summed E-state index contributed by atoms with van der Waals surface area (Å²) in [7, 11) is 0. The number of benzene rings is 1. The molecule has 1 aromatic carbocycles. The van der Waals surface area contributed by atoms with E-state index in [2.05, 4.69) is 60.2 Å².